The Balaban J connectivity index is 1.15. The second kappa shape index (κ2) is 14.3. The molecule has 1 amide bonds. The largest absolute Gasteiger partial charge is 0.490 e. The maximum Gasteiger partial charge on any atom is 0.341 e. The van der Waals surface area contributed by atoms with Crippen LogP contribution < -0.4 is 20.4 Å². The molecule has 0 radical (unpaired) electrons. The van der Waals surface area contributed by atoms with Crippen LogP contribution in [0.1, 0.15) is 10.4 Å². The fraction of sp³-hybridized carbons (Fsp3) is 0.357. The van der Waals surface area contributed by atoms with Gasteiger partial charge in [-0.15, -0.1) is 11.3 Å². The van der Waals surface area contributed by atoms with E-state index in [1.54, 1.807) is 29.5 Å². The monoisotopic (exact) mass is 628 g/mol. The van der Waals surface area contributed by atoms with Crippen molar-refractivity contribution in [3.05, 3.63) is 63.8 Å². The molecule has 1 aliphatic heterocycles. The molecule has 0 saturated carbocycles. The van der Waals surface area contributed by atoms with Gasteiger partial charge in [0.15, 0.2) is 22.4 Å². The second-order valence-electron chi connectivity index (χ2n) is 9.56. The first-order chi connectivity index (χ1) is 21.4. The van der Waals surface area contributed by atoms with Crippen LogP contribution in [0.15, 0.2) is 47.0 Å². The Kier molecular flexibility index (Phi) is 10.1. The molecule has 5 heterocycles. The third kappa shape index (κ3) is 7.16. The zero-order valence-electron chi connectivity index (χ0n) is 23.6. The number of fused-ring (bicyclic) bond motifs is 1. The van der Waals surface area contributed by atoms with Crippen LogP contribution in [0.4, 0.5) is 16.0 Å². The standard InChI is InChI=1S/C28H29FN6O8S/c1-40-5-6-41-7-8-42-9-10-43-18-2-3-22(31-13-18)32-26(37)17-14-34(15-17)25-21(29)12-19-23(36)20(27(38)39)16-35(24(19)33-25)28-30-4-11-44-28/h2-4,11-13,16-17H,5-10,14-15H2,1H3,(H,38,39)(H,31,32,37). The van der Waals surface area contributed by atoms with E-state index in [0.717, 1.165) is 12.3 Å². The van der Waals surface area contributed by atoms with Crippen molar-refractivity contribution < 1.29 is 38.0 Å². The molecule has 0 bridgehead atoms. The summed E-state index contributed by atoms with van der Waals surface area (Å²) in [7, 11) is 1.61. The van der Waals surface area contributed by atoms with E-state index >= 15 is 4.39 Å². The molecule has 1 saturated heterocycles. The van der Waals surface area contributed by atoms with Gasteiger partial charge >= 0.3 is 5.97 Å². The summed E-state index contributed by atoms with van der Waals surface area (Å²) >= 11 is 1.20. The van der Waals surface area contributed by atoms with Gasteiger partial charge in [0.05, 0.1) is 50.5 Å². The smallest absolute Gasteiger partial charge is 0.341 e. The van der Waals surface area contributed by atoms with E-state index in [4.69, 9.17) is 18.9 Å². The number of carbonyl (C=O) groups is 2. The SMILES string of the molecule is COCCOCCOCCOc1ccc(NC(=O)C2CN(c3nc4c(cc3F)c(=O)c(C(=O)O)cn4-c3nccs3)C2)nc1. The second-order valence-corrected chi connectivity index (χ2v) is 10.4. The van der Waals surface area contributed by atoms with Crippen LogP contribution in [0.3, 0.4) is 0 Å². The van der Waals surface area contributed by atoms with Crippen molar-refractivity contribution in [2.45, 2.75) is 0 Å². The average molecular weight is 629 g/mol. The number of hydrogen-bond acceptors (Lipinski definition) is 12. The Bertz CT molecular complexity index is 1660. The molecule has 14 nitrogen and oxygen atoms in total. The van der Waals surface area contributed by atoms with E-state index < -0.39 is 28.7 Å². The van der Waals surface area contributed by atoms with Gasteiger partial charge in [-0.2, -0.15) is 0 Å². The van der Waals surface area contributed by atoms with Crippen molar-refractivity contribution in [2.75, 3.05) is 70.1 Å². The fourth-order valence-corrected chi connectivity index (χ4v) is 4.96. The number of hydrogen-bond donors (Lipinski definition) is 2. The van der Waals surface area contributed by atoms with E-state index in [2.05, 4.69) is 20.3 Å². The van der Waals surface area contributed by atoms with Crippen LogP contribution >= 0.6 is 11.3 Å². The van der Waals surface area contributed by atoms with Crippen molar-refractivity contribution in [3.8, 4) is 10.9 Å². The summed E-state index contributed by atoms with van der Waals surface area (Å²) < 4.78 is 37.7. The van der Waals surface area contributed by atoms with Gasteiger partial charge in [0.1, 0.15) is 23.7 Å². The lowest BCUT2D eigenvalue weighted by atomic mass is 9.99. The summed E-state index contributed by atoms with van der Waals surface area (Å²) in [5.74, 6) is -2.21. The van der Waals surface area contributed by atoms with Crippen molar-refractivity contribution in [1.82, 2.24) is 19.5 Å². The Hall–Kier alpha value is -4.51. The topological polar surface area (TPSA) is 167 Å². The number of pyridine rings is 3. The number of aromatic nitrogens is 4. The van der Waals surface area contributed by atoms with Gasteiger partial charge in [-0.3, -0.25) is 14.2 Å². The molecule has 0 unspecified atom stereocenters. The molecule has 0 aliphatic carbocycles. The third-order valence-electron chi connectivity index (χ3n) is 6.61. The molecule has 0 spiro atoms. The van der Waals surface area contributed by atoms with Gasteiger partial charge < -0.3 is 34.3 Å². The molecular formula is C28H29FN6O8S. The summed E-state index contributed by atoms with van der Waals surface area (Å²) in [5.41, 5.74) is -1.32. The molecular weight excluding hydrogens is 599 g/mol. The quantitative estimate of drug-likeness (QED) is 0.185. The van der Waals surface area contributed by atoms with Crippen molar-refractivity contribution in [1.29, 1.82) is 0 Å². The van der Waals surface area contributed by atoms with Gasteiger partial charge in [-0.05, 0) is 18.2 Å². The molecule has 5 rings (SSSR count). The van der Waals surface area contributed by atoms with Gasteiger partial charge in [0.2, 0.25) is 11.3 Å². The van der Waals surface area contributed by atoms with Gasteiger partial charge in [0.25, 0.3) is 0 Å². The van der Waals surface area contributed by atoms with Crippen LogP contribution in [0.2, 0.25) is 0 Å². The molecule has 1 aliphatic rings. The van der Waals surface area contributed by atoms with Gasteiger partial charge in [-0.1, -0.05) is 0 Å². The van der Waals surface area contributed by atoms with Gasteiger partial charge in [0, 0.05) is 38.0 Å². The number of nitrogens with zero attached hydrogens (tertiary/aromatic N) is 5. The number of carboxylic acid groups (broad SMARTS) is 1. The van der Waals surface area contributed by atoms with Crippen LogP contribution in [0.25, 0.3) is 16.2 Å². The van der Waals surface area contributed by atoms with Crippen molar-refractivity contribution >= 4 is 45.9 Å². The first kappa shape index (κ1) is 30.9. The highest BCUT2D eigenvalue weighted by molar-refractivity contribution is 7.12. The minimum Gasteiger partial charge on any atom is -0.490 e. The predicted molar refractivity (Wildman–Crippen MR) is 158 cm³/mol. The van der Waals surface area contributed by atoms with Crippen LogP contribution in [-0.2, 0) is 19.0 Å². The summed E-state index contributed by atoms with van der Waals surface area (Å²) in [5, 5.41) is 14.1. The number of halogens is 1. The minimum atomic E-state index is -1.44. The maximum atomic E-state index is 15.1. The Morgan fingerprint density at radius 2 is 1.86 bits per heavy atom. The molecule has 0 atom stereocenters. The number of aromatic carboxylic acids is 1. The lowest BCUT2D eigenvalue weighted by molar-refractivity contribution is -0.120. The number of nitrogens with one attached hydrogen (secondary N) is 1. The zero-order chi connectivity index (χ0) is 31.1. The highest BCUT2D eigenvalue weighted by Gasteiger charge is 2.35. The van der Waals surface area contributed by atoms with Crippen LogP contribution in [-0.4, -0.2) is 96.3 Å². The number of thiazole rings is 1. The highest BCUT2D eigenvalue weighted by Crippen LogP contribution is 2.29. The normalized spacial score (nSPS) is 13.2. The number of rotatable bonds is 15. The van der Waals surface area contributed by atoms with E-state index in [1.807, 2.05) is 0 Å². The molecule has 2 N–H and O–H groups in total. The summed E-state index contributed by atoms with van der Waals surface area (Å²) in [4.78, 5) is 51.5. The molecule has 4 aromatic rings. The van der Waals surface area contributed by atoms with E-state index in [0.29, 0.717) is 56.3 Å². The predicted octanol–water partition coefficient (Wildman–Crippen LogP) is 2.21. The molecule has 232 valence electrons. The highest BCUT2D eigenvalue weighted by atomic mass is 32.1. The fourth-order valence-electron chi connectivity index (χ4n) is 4.34. The van der Waals surface area contributed by atoms with Crippen molar-refractivity contribution in [3.63, 3.8) is 0 Å². The first-order valence-corrected chi connectivity index (χ1v) is 14.4. The number of ether oxygens (including phenoxy) is 4. The van der Waals surface area contributed by atoms with Crippen LogP contribution in [0, 0.1) is 11.7 Å². The summed E-state index contributed by atoms with van der Waals surface area (Å²) in [6.45, 7) is 3.01. The minimum absolute atomic E-state index is 0.0587. The Morgan fingerprint density at radius 1 is 1.11 bits per heavy atom. The molecule has 16 heteroatoms. The molecule has 4 aromatic heterocycles. The maximum absolute atomic E-state index is 15.1. The van der Waals surface area contributed by atoms with Crippen molar-refractivity contribution in [2.24, 2.45) is 5.92 Å². The third-order valence-corrected chi connectivity index (χ3v) is 7.38. The first-order valence-electron chi connectivity index (χ1n) is 13.5. The summed E-state index contributed by atoms with van der Waals surface area (Å²) in [6, 6.07) is 4.26. The zero-order valence-corrected chi connectivity index (χ0v) is 24.4. The Morgan fingerprint density at radius 3 is 2.52 bits per heavy atom. The molecule has 44 heavy (non-hydrogen) atoms. The van der Waals surface area contributed by atoms with E-state index in [-0.39, 0.29) is 35.8 Å². The van der Waals surface area contributed by atoms with E-state index in [9.17, 15) is 19.5 Å². The molecule has 1 fully saturated rings. The number of carbonyl (C=O) groups excluding carboxylic acids is 1. The number of anilines is 2. The lowest BCUT2D eigenvalue weighted by Crippen LogP contribution is -2.52. The van der Waals surface area contributed by atoms with E-state index in [1.165, 1.54) is 28.3 Å². The number of carboxylic acids is 1. The summed E-state index contributed by atoms with van der Waals surface area (Å²) in [6.07, 6.45) is 4.14. The molecule has 0 aromatic carbocycles. The average Bonchev–Trinajstić information content (AvgIpc) is 3.52. The number of methoxy groups -OCH3 is 1. The Labute approximate surface area is 254 Å². The lowest BCUT2D eigenvalue weighted by Gasteiger charge is -2.39. The number of amides is 1. The van der Waals surface area contributed by atoms with Crippen LogP contribution in [0.5, 0.6) is 5.75 Å². The van der Waals surface area contributed by atoms with Gasteiger partial charge in [-0.25, -0.2) is 24.1 Å².